The zero-order valence-corrected chi connectivity index (χ0v) is 14.8. The van der Waals surface area contributed by atoms with E-state index in [-0.39, 0.29) is 42.9 Å². The second-order valence-electron chi connectivity index (χ2n) is 6.10. The number of anilines is 1. The number of hydrogen-bond acceptors (Lipinski definition) is 5. The van der Waals surface area contributed by atoms with E-state index in [4.69, 9.17) is 5.11 Å². The maximum Gasteiger partial charge on any atom is 0.335 e. The summed E-state index contributed by atoms with van der Waals surface area (Å²) in [5, 5.41) is 19.0. The number of amides is 1. The predicted octanol–water partition coefficient (Wildman–Crippen LogP) is 0.890. The molecule has 1 heterocycles. The van der Waals surface area contributed by atoms with Crippen LogP contribution in [0.25, 0.3) is 0 Å². The maximum atomic E-state index is 12.7. The summed E-state index contributed by atoms with van der Waals surface area (Å²) in [5.74, 6) is -1.75. The Balaban J connectivity index is 2.17. The highest BCUT2D eigenvalue weighted by Gasteiger charge is 2.40. The van der Waals surface area contributed by atoms with Crippen LogP contribution in [-0.2, 0) is 14.8 Å². The van der Waals surface area contributed by atoms with E-state index < -0.39 is 27.5 Å². The van der Waals surface area contributed by atoms with E-state index in [0.29, 0.717) is 6.42 Å². The zero-order valence-electron chi connectivity index (χ0n) is 13.9. The van der Waals surface area contributed by atoms with E-state index in [2.05, 4.69) is 4.72 Å². The number of likely N-dealkylation sites (tertiary alicyclic amines) is 1. The van der Waals surface area contributed by atoms with E-state index in [1.165, 1.54) is 17.0 Å². The molecule has 9 heteroatoms. The molecule has 1 aliphatic rings. The molecule has 3 N–H and O–H groups in total. The molecule has 1 aromatic carbocycles. The van der Waals surface area contributed by atoms with Gasteiger partial charge in [0.15, 0.2) is 5.60 Å². The van der Waals surface area contributed by atoms with Gasteiger partial charge in [0.05, 0.1) is 17.0 Å². The monoisotopic (exact) mass is 370 g/mol. The first-order valence-corrected chi connectivity index (χ1v) is 9.68. The Morgan fingerprint density at radius 3 is 2.40 bits per heavy atom. The SMILES string of the molecule is CCCS(=O)(=O)Nc1ccccc1C(=O)N1CCC(O)(C(=O)O)CC1. The molecular formula is C16H22N2O6S. The minimum absolute atomic E-state index is 0.0507. The van der Waals surface area contributed by atoms with Crippen LogP contribution in [0.5, 0.6) is 0 Å². The van der Waals surface area contributed by atoms with Crippen molar-refractivity contribution in [3.05, 3.63) is 29.8 Å². The van der Waals surface area contributed by atoms with Gasteiger partial charge >= 0.3 is 5.97 Å². The number of hydrogen-bond donors (Lipinski definition) is 3. The summed E-state index contributed by atoms with van der Waals surface area (Å²) in [6.45, 7) is 1.91. The van der Waals surface area contributed by atoms with Crippen molar-refractivity contribution in [3.8, 4) is 0 Å². The van der Waals surface area contributed by atoms with Gasteiger partial charge in [0.1, 0.15) is 0 Å². The average Bonchev–Trinajstić information content (AvgIpc) is 2.55. The zero-order chi connectivity index (χ0) is 18.7. The molecule has 2 rings (SSSR count). The van der Waals surface area contributed by atoms with Crippen molar-refractivity contribution in [2.45, 2.75) is 31.8 Å². The van der Waals surface area contributed by atoms with Crippen LogP contribution in [0.1, 0.15) is 36.5 Å². The van der Waals surface area contributed by atoms with Crippen LogP contribution in [-0.4, -0.2) is 59.9 Å². The number of aliphatic hydroxyl groups is 1. The van der Waals surface area contributed by atoms with Crippen LogP contribution in [0.2, 0.25) is 0 Å². The number of nitrogens with one attached hydrogen (secondary N) is 1. The van der Waals surface area contributed by atoms with Gasteiger partial charge in [0.2, 0.25) is 10.0 Å². The van der Waals surface area contributed by atoms with E-state index in [9.17, 15) is 23.1 Å². The summed E-state index contributed by atoms with van der Waals surface area (Å²) < 4.78 is 26.4. The smallest absolute Gasteiger partial charge is 0.335 e. The third-order valence-electron chi connectivity index (χ3n) is 4.17. The van der Waals surface area contributed by atoms with Crippen LogP contribution in [0, 0.1) is 0 Å². The number of carbonyl (C=O) groups is 2. The summed E-state index contributed by atoms with van der Waals surface area (Å²) in [6.07, 6.45) is 0.306. The van der Waals surface area contributed by atoms with Crippen molar-refractivity contribution >= 4 is 27.6 Å². The first-order valence-electron chi connectivity index (χ1n) is 8.03. The van der Waals surface area contributed by atoms with Gasteiger partial charge in [-0.15, -0.1) is 0 Å². The molecule has 0 atom stereocenters. The fourth-order valence-electron chi connectivity index (χ4n) is 2.71. The standard InChI is InChI=1S/C16H22N2O6S/c1-2-11-25(23,24)17-13-6-4-3-5-12(13)14(19)18-9-7-16(22,8-10-18)15(20)21/h3-6,17,22H,2,7-11H2,1H3,(H,20,21). The number of piperidine rings is 1. The number of rotatable bonds is 6. The number of aliphatic carboxylic acids is 1. The minimum atomic E-state index is -3.54. The van der Waals surface area contributed by atoms with E-state index in [1.54, 1.807) is 19.1 Å². The Bertz CT molecular complexity index is 754. The Kier molecular flexibility index (Phi) is 5.69. The molecule has 0 radical (unpaired) electrons. The van der Waals surface area contributed by atoms with Gasteiger partial charge in [-0.05, 0) is 18.6 Å². The van der Waals surface area contributed by atoms with Crippen molar-refractivity contribution in [2.24, 2.45) is 0 Å². The van der Waals surface area contributed by atoms with Crippen LogP contribution in [0.3, 0.4) is 0 Å². The quantitative estimate of drug-likeness (QED) is 0.683. The normalized spacial score (nSPS) is 17.1. The van der Waals surface area contributed by atoms with Crippen molar-refractivity contribution in [2.75, 3.05) is 23.6 Å². The van der Waals surface area contributed by atoms with Gasteiger partial charge < -0.3 is 15.1 Å². The van der Waals surface area contributed by atoms with Gasteiger partial charge in [0, 0.05) is 25.9 Å². The first-order chi connectivity index (χ1) is 11.7. The van der Waals surface area contributed by atoms with Gasteiger partial charge in [-0.1, -0.05) is 19.1 Å². The van der Waals surface area contributed by atoms with Crippen molar-refractivity contribution in [1.29, 1.82) is 0 Å². The third kappa shape index (κ3) is 4.49. The first kappa shape index (κ1) is 19.2. The lowest BCUT2D eigenvalue weighted by molar-refractivity contribution is -0.162. The largest absolute Gasteiger partial charge is 0.479 e. The van der Waals surface area contributed by atoms with E-state index >= 15 is 0 Å². The highest BCUT2D eigenvalue weighted by molar-refractivity contribution is 7.92. The van der Waals surface area contributed by atoms with Crippen LogP contribution >= 0.6 is 0 Å². The molecule has 25 heavy (non-hydrogen) atoms. The highest BCUT2D eigenvalue weighted by atomic mass is 32.2. The number of benzene rings is 1. The number of carboxylic acid groups (broad SMARTS) is 1. The van der Waals surface area contributed by atoms with Crippen LogP contribution < -0.4 is 4.72 Å². The lowest BCUT2D eigenvalue weighted by atomic mass is 9.91. The number of carbonyl (C=O) groups excluding carboxylic acids is 1. The van der Waals surface area contributed by atoms with Crippen LogP contribution in [0.4, 0.5) is 5.69 Å². The van der Waals surface area contributed by atoms with Crippen LogP contribution in [0.15, 0.2) is 24.3 Å². The fraction of sp³-hybridized carbons (Fsp3) is 0.500. The summed E-state index contributed by atoms with van der Waals surface area (Å²) in [5.41, 5.74) is -1.43. The highest BCUT2D eigenvalue weighted by Crippen LogP contribution is 2.26. The summed E-state index contributed by atoms with van der Waals surface area (Å²) in [7, 11) is -3.54. The maximum absolute atomic E-state index is 12.7. The average molecular weight is 370 g/mol. The Morgan fingerprint density at radius 1 is 1.24 bits per heavy atom. The molecule has 0 aromatic heterocycles. The number of para-hydroxylation sites is 1. The number of carboxylic acids is 1. The lowest BCUT2D eigenvalue weighted by Crippen LogP contribution is -2.50. The summed E-state index contributed by atoms with van der Waals surface area (Å²) >= 11 is 0. The Labute approximate surface area is 146 Å². The Hall–Kier alpha value is -2.13. The third-order valence-corrected chi connectivity index (χ3v) is 5.65. The van der Waals surface area contributed by atoms with Crippen molar-refractivity contribution in [3.63, 3.8) is 0 Å². The van der Waals surface area contributed by atoms with Crippen molar-refractivity contribution in [1.82, 2.24) is 4.90 Å². The molecule has 8 nitrogen and oxygen atoms in total. The molecule has 1 saturated heterocycles. The minimum Gasteiger partial charge on any atom is -0.479 e. The molecule has 0 saturated carbocycles. The van der Waals surface area contributed by atoms with E-state index in [0.717, 1.165) is 0 Å². The molecule has 0 unspecified atom stereocenters. The molecule has 138 valence electrons. The Morgan fingerprint density at radius 2 is 1.84 bits per heavy atom. The van der Waals surface area contributed by atoms with Gasteiger partial charge in [-0.3, -0.25) is 9.52 Å². The topological polar surface area (TPSA) is 124 Å². The molecule has 1 fully saturated rings. The molecule has 0 bridgehead atoms. The number of sulfonamides is 1. The molecule has 0 aliphatic carbocycles. The van der Waals surface area contributed by atoms with Gasteiger partial charge in [-0.25, -0.2) is 13.2 Å². The molecule has 1 aromatic rings. The predicted molar refractivity (Wildman–Crippen MR) is 91.9 cm³/mol. The summed E-state index contributed by atoms with van der Waals surface area (Å²) in [4.78, 5) is 25.2. The second kappa shape index (κ2) is 7.40. The van der Waals surface area contributed by atoms with Gasteiger partial charge in [0.25, 0.3) is 5.91 Å². The number of nitrogens with zero attached hydrogens (tertiary/aromatic N) is 1. The van der Waals surface area contributed by atoms with Gasteiger partial charge in [-0.2, -0.15) is 0 Å². The van der Waals surface area contributed by atoms with Crippen molar-refractivity contribution < 1.29 is 28.2 Å². The molecule has 0 spiro atoms. The molecule has 1 amide bonds. The summed E-state index contributed by atoms with van der Waals surface area (Å²) in [6, 6.07) is 6.28. The lowest BCUT2D eigenvalue weighted by Gasteiger charge is -2.35. The van der Waals surface area contributed by atoms with E-state index in [1.807, 2.05) is 0 Å². The fourth-order valence-corrected chi connectivity index (χ4v) is 3.86. The molecule has 1 aliphatic heterocycles. The second-order valence-corrected chi connectivity index (χ2v) is 7.94. The molecular weight excluding hydrogens is 348 g/mol.